The van der Waals surface area contributed by atoms with E-state index >= 15 is 0 Å². The first-order valence-corrected chi connectivity index (χ1v) is 10.3. The second kappa shape index (κ2) is 6.97. The molecule has 3 N–H and O–H groups in total. The first kappa shape index (κ1) is 18.0. The zero-order valence-corrected chi connectivity index (χ0v) is 16.2. The smallest absolute Gasteiger partial charge is 0.237 e. The minimum atomic E-state index is -0.157. The van der Waals surface area contributed by atoms with Crippen LogP contribution in [-0.4, -0.2) is 37.1 Å². The summed E-state index contributed by atoms with van der Waals surface area (Å²) in [5, 5.41) is 10.3. The van der Waals surface area contributed by atoms with Crippen molar-refractivity contribution in [2.24, 2.45) is 11.3 Å². The van der Waals surface area contributed by atoms with Crippen LogP contribution < -0.4 is 16.0 Å². The van der Waals surface area contributed by atoms with Gasteiger partial charge in [0.15, 0.2) is 0 Å². The second-order valence-corrected chi connectivity index (χ2v) is 9.51. The molecule has 26 heavy (non-hydrogen) atoms. The Morgan fingerprint density at radius 3 is 2.50 bits per heavy atom. The lowest BCUT2D eigenvalue weighted by molar-refractivity contribution is -0.124. The predicted octanol–water partition coefficient (Wildman–Crippen LogP) is 2.42. The van der Waals surface area contributed by atoms with Gasteiger partial charge in [0, 0.05) is 12.1 Å². The Morgan fingerprint density at radius 2 is 1.85 bits per heavy atom. The van der Waals surface area contributed by atoms with Crippen LogP contribution in [0.25, 0.3) is 0 Å². The Morgan fingerprint density at radius 1 is 1.19 bits per heavy atom. The Labute approximate surface area is 157 Å². The Kier molecular flexibility index (Phi) is 4.83. The summed E-state index contributed by atoms with van der Waals surface area (Å²) in [5.74, 6) is 0.830. The lowest BCUT2D eigenvalue weighted by atomic mass is 9.77. The van der Waals surface area contributed by atoms with Crippen molar-refractivity contribution < 1.29 is 4.79 Å². The second-order valence-electron chi connectivity index (χ2n) is 9.51. The van der Waals surface area contributed by atoms with Crippen molar-refractivity contribution in [1.29, 1.82) is 0 Å². The largest absolute Gasteiger partial charge is 0.350 e. The topological polar surface area (TPSA) is 53.2 Å². The Hall–Kier alpha value is -1.39. The fraction of sp³-hybridized carbons (Fsp3) is 0.682. The zero-order chi connectivity index (χ0) is 18.2. The highest BCUT2D eigenvalue weighted by Gasteiger charge is 2.43. The van der Waals surface area contributed by atoms with Crippen LogP contribution in [0.5, 0.6) is 0 Å². The van der Waals surface area contributed by atoms with Crippen LogP contribution in [0.15, 0.2) is 24.3 Å². The number of carbonyl (C=O) groups is 1. The number of amides is 1. The van der Waals surface area contributed by atoms with Crippen LogP contribution in [0, 0.1) is 11.3 Å². The molecule has 0 radical (unpaired) electrons. The van der Waals surface area contributed by atoms with E-state index in [1.54, 1.807) is 0 Å². The van der Waals surface area contributed by atoms with Gasteiger partial charge in [0.05, 0.1) is 6.04 Å². The molecule has 0 bridgehead atoms. The monoisotopic (exact) mass is 355 g/mol. The van der Waals surface area contributed by atoms with E-state index in [0.717, 1.165) is 45.3 Å². The standard InChI is InChI=1S/C22H33N3O/c1-21(2,13-16-11-17-5-3-4-6-18(17)12-16)25-20(26)19-14-22(15-24-19)7-9-23-10-8-22/h3-6,16,19,23-24H,7-15H2,1-2H3,(H,25,26)/t19-/m0/s1. The average Bonchev–Trinajstić information content (AvgIpc) is 3.18. The van der Waals surface area contributed by atoms with E-state index in [9.17, 15) is 4.79 Å². The predicted molar refractivity (Wildman–Crippen MR) is 105 cm³/mol. The van der Waals surface area contributed by atoms with Gasteiger partial charge in [-0.05, 0) is 87.9 Å². The molecule has 0 aromatic heterocycles. The molecule has 2 aliphatic heterocycles. The van der Waals surface area contributed by atoms with Crippen molar-refractivity contribution in [1.82, 2.24) is 16.0 Å². The number of hydrogen-bond donors (Lipinski definition) is 3. The quantitative estimate of drug-likeness (QED) is 0.777. The van der Waals surface area contributed by atoms with Crippen molar-refractivity contribution >= 4 is 5.91 Å². The molecule has 1 aromatic rings. The van der Waals surface area contributed by atoms with Crippen LogP contribution in [0.1, 0.15) is 50.7 Å². The summed E-state index contributed by atoms with van der Waals surface area (Å²) >= 11 is 0. The lowest BCUT2D eigenvalue weighted by Crippen LogP contribution is -2.51. The van der Waals surface area contributed by atoms with Gasteiger partial charge in [0.2, 0.25) is 5.91 Å². The number of hydrogen-bond acceptors (Lipinski definition) is 3. The van der Waals surface area contributed by atoms with Crippen molar-refractivity contribution in [2.45, 2.75) is 64.0 Å². The Bertz CT molecular complexity index is 638. The van der Waals surface area contributed by atoms with Gasteiger partial charge in [-0.3, -0.25) is 4.79 Å². The summed E-state index contributed by atoms with van der Waals surface area (Å²) in [6.45, 7) is 7.53. The van der Waals surface area contributed by atoms with Gasteiger partial charge in [-0.2, -0.15) is 0 Å². The molecule has 4 nitrogen and oxygen atoms in total. The third-order valence-corrected chi connectivity index (χ3v) is 6.74. The molecule has 1 aromatic carbocycles. The molecule has 2 fully saturated rings. The zero-order valence-electron chi connectivity index (χ0n) is 16.2. The highest BCUT2D eigenvalue weighted by molar-refractivity contribution is 5.82. The Balaban J connectivity index is 1.31. The number of rotatable bonds is 4. The minimum Gasteiger partial charge on any atom is -0.350 e. The highest BCUT2D eigenvalue weighted by atomic mass is 16.2. The van der Waals surface area contributed by atoms with Gasteiger partial charge >= 0.3 is 0 Å². The molecule has 1 atom stereocenters. The van der Waals surface area contributed by atoms with Crippen LogP contribution in [-0.2, 0) is 17.6 Å². The van der Waals surface area contributed by atoms with E-state index in [1.807, 2.05) is 0 Å². The van der Waals surface area contributed by atoms with Gasteiger partial charge in [-0.15, -0.1) is 0 Å². The maximum Gasteiger partial charge on any atom is 0.237 e. The van der Waals surface area contributed by atoms with Gasteiger partial charge < -0.3 is 16.0 Å². The third-order valence-electron chi connectivity index (χ3n) is 6.74. The van der Waals surface area contributed by atoms with E-state index < -0.39 is 0 Å². The molecular weight excluding hydrogens is 322 g/mol. The normalized spacial score (nSPS) is 25.4. The van der Waals surface area contributed by atoms with Crippen molar-refractivity contribution in [3.05, 3.63) is 35.4 Å². The van der Waals surface area contributed by atoms with Crippen molar-refractivity contribution in [3.8, 4) is 0 Å². The first-order chi connectivity index (χ1) is 12.4. The fourth-order valence-corrected chi connectivity index (χ4v) is 5.43. The van der Waals surface area contributed by atoms with E-state index in [2.05, 4.69) is 54.1 Å². The van der Waals surface area contributed by atoms with Crippen LogP contribution >= 0.6 is 0 Å². The van der Waals surface area contributed by atoms with Gasteiger partial charge in [-0.1, -0.05) is 24.3 Å². The van der Waals surface area contributed by atoms with Crippen LogP contribution in [0.4, 0.5) is 0 Å². The molecule has 3 aliphatic rings. The molecule has 1 amide bonds. The van der Waals surface area contributed by atoms with Crippen molar-refractivity contribution in [2.75, 3.05) is 19.6 Å². The van der Waals surface area contributed by atoms with E-state index in [4.69, 9.17) is 0 Å². The number of piperidine rings is 1. The van der Waals surface area contributed by atoms with Crippen LogP contribution in [0.2, 0.25) is 0 Å². The molecule has 2 saturated heterocycles. The fourth-order valence-electron chi connectivity index (χ4n) is 5.43. The van der Waals surface area contributed by atoms with Crippen LogP contribution in [0.3, 0.4) is 0 Å². The number of nitrogens with one attached hydrogen (secondary N) is 3. The molecule has 4 heteroatoms. The highest BCUT2D eigenvalue weighted by Crippen LogP contribution is 2.38. The van der Waals surface area contributed by atoms with E-state index in [0.29, 0.717) is 11.3 Å². The van der Waals surface area contributed by atoms with Crippen molar-refractivity contribution in [3.63, 3.8) is 0 Å². The summed E-state index contributed by atoms with van der Waals surface area (Å²) in [4.78, 5) is 12.9. The molecule has 0 unspecified atom stereocenters. The summed E-state index contributed by atoms with van der Waals surface area (Å²) in [6.07, 6.45) is 6.70. The summed E-state index contributed by atoms with van der Waals surface area (Å²) in [7, 11) is 0. The number of carbonyl (C=O) groups excluding carboxylic acids is 1. The van der Waals surface area contributed by atoms with E-state index in [-0.39, 0.29) is 17.5 Å². The molecule has 1 aliphatic carbocycles. The third kappa shape index (κ3) is 3.81. The molecule has 0 saturated carbocycles. The maximum absolute atomic E-state index is 12.9. The van der Waals surface area contributed by atoms with Gasteiger partial charge in [-0.25, -0.2) is 0 Å². The van der Waals surface area contributed by atoms with E-state index in [1.165, 1.54) is 24.0 Å². The molecule has 4 rings (SSSR count). The molecule has 1 spiro atoms. The number of fused-ring (bicyclic) bond motifs is 1. The minimum absolute atomic E-state index is 0.0202. The number of benzene rings is 1. The average molecular weight is 356 g/mol. The maximum atomic E-state index is 12.9. The SMILES string of the molecule is CC(C)(CC1Cc2ccccc2C1)NC(=O)[C@@H]1CC2(CCNCC2)CN1. The van der Waals surface area contributed by atoms with Gasteiger partial charge in [0.25, 0.3) is 0 Å². The molecule has 2 heterocycles. The molecular formula is C22H33N3O. The van der Waals surface area contributed by atoms with Gasteiger partial charge in [0.1, 0.15) is 0 Å². The lowest BCUT2D eigenvalue weighted by Gasteiger charge is -2.33. The summed E-state index contributed by atoms with van der Waals surface area (Å²) < 4.78 is 0. The summed E-state index contributed by atoms with van der Waals surface area (Å²) in [6, 6.07) is 8.75. The first-order valence-electron chi connectivity index (χ1n) is 10.3. The molecule has 142 valence electrons. The summed E-state index contributed by atoms with van der Waals surface area (Å²) in [5.41, 5.74) is 3.16.